The lowest BCUT2D eigenvalue weighted by Gasteiger charge is -2.36. The van der Waals surface area contributed by atoms with Crippen LogP contribution in [0.15, 0.2) is 48.5 Å². The Bertz CT molecular complexity index is 802. The lowest BCUT2D eigenvalue weighted by Crippen LogP contribution is -2.47. The molecule has 0 atom stereocenters. The molecule has 0 aliphatic carbocycles. The number of nitrogens with one attached hydrogen (secondary N) is 1. The normalized spacial score (nSPS) is 15.1. The fraction of sp³-hybridized carbons (Fsp3) is 0.480. The van der Waals surface area contributed by atoms with Crippen LogP contribution in [-0.2, 0) is 5.41 Å². The molecule has 3 rings (SSSR count). The topological polar surface area (TPSA) is 44.8 Å². The molecule has 0 radical (unpaired) electrons. The largest absolute Gasteiger partial charge is 0.497 e. The Morgan fingerprint density at radius 1 is 0.967 bits per heavy atom. The van der Waals surface area contributed by atoms with Gasteiger partial charge in [0, 0.05) is 44.0 Å². The fourth-order valence-corrected chi connectivity index (χ4v) is 3.75. The van der Waals surface area contributed by atoms with Gasteiger partial charge in [-0.2, -0.15) is 0 Å². The predicted octanol–water partition coefficient (Wildman–Crippen LogP) is 3.93. The number of amides is 1. The van der Waals surface area contributed by atoms with E-state index in [-0.39, 0.29) is 11.3 Å². The summed E-state index contributed by atoms with van der Waals surface area (Å²) in [6, 6.07) is 16.2. The molecule has 1 amide bonds. The first-order chi connectivity index (χ1) is 14.4. The number of hydrogen-bond donors (Lipinski definition) is 1. The van der Waals surface area contributed by atoms with Crippen molar-refractivity contribution in [2.75, 3.05) is 51.3 Å². The van der Waals surface area contributed by atoms with E-state index in [0.29, 0.717) is 6.54 Å². The zero-order valence-electron chi connectivity index (χ0n) is 18.8. The van der Waals surface area contributed by atoms with Gasteiger partial charge in [-0.1, -0.05) is 32.9 Å². The van der Waals surface area contributed by atoms with E-state index in [1.165, 1.54) is 11.3 Å². The van der Waals surface area contributed by atoms with Crippen LogP contribution in [0.4, 0.5) is 5.69 Å². The summed E-state index contributed by atoms with van der Waals surface area (Å²) >= 11 is 0. The zero-order chi connectivity index (χ0) is 21.6. The molecule has 1 aliphatic heterocycles. The Morgan fingerprint density at radius 2 is 1.60 bits per heavy atom. The minimum Gasteiger partial charge on any atom is -0.497 e. The van der Waals surface area contributed by atoms with E-state index in [4.69, 9.17) is 4.74 Å². The zero-order valence-corrected chi connectivity index (χ0v) is 18.8. The smallest absolute Gasteiger partial charge is 0.251 e. The van der Waals surface area contributed by atoms with Gasteiger partial charge in [-0.15, -0.1) is 0 Å². The van der Waals surface area contributed by atoms with E-state index < -0.39 is 0 Å². The molecule has 0 aromatic heterocycles. The highest BCUT2D eigenvalue weighted by Gasteiger charge is 2.17. The number of ether oxygens (including phenoxy) is 1. The van der Waals surface area contributed by atoms with Crippen molar-refractivity contribution in [3.05, 3.63) is 59.7 Å². The van der Waals surface area contributed by atoms with E-state index in [1.807, 2.05) is 24.3 Å². The Labute approximate surface area is 181 Å². The van der Waals surface area contributed by atoms with Crippen LogP contribution >= 0.6 is 0 Å². The molecule has 1 saturated heterocycles. The van der Waals surface area contributed by atoms with E-state index in [0.717, 1.165) is 50.5 Å². The number of hydrogen-bond acceptors (Lipinski definition) is 4. The number of nitrogens with zero attached hydrogens (tertiary/aromatic N) is 2. The average molecular weight is 410 g/mol. The summed E-state index contributed by atoms with van der Waals surface area (Å²) in [5.41, 5.74) is 3.33. The molecule has 0 bridgehead atoms. The maximum atomic E-state index is 12.4. The van der Waals surface area contributed by atoms with Crippen molar-refractivity contribution < 1.29 is 9.53 Å². The molecule has 5 nitrogen and oxygen atoms in total. The van der Waals surface area contributed by atoms with E-state index in [9.17, 15) is 4.79 Å². The second-order valence-corrected chi connectivity index (χ2v) is 8.96. The molecule has 5 heteroatoms. The van der Waals surface area contributed by atoms with Crippen molar-refractivity contribution in [3.63, 3.8) is 0 Å². The van der Waals surface area contributed by atoms with Crippen molar-refractivity contribution in [3.8, 4) is 5.75 Å². The molecule has 1 heterocycles. The highest BCUT2D eigenvalue weighted by molar-refractivity contribution is 5.94. The molecule has 1 fully saturated rings. The maximum absolute atomic E-state index is 12.4. The fourth-order valence-electron chi connectivity index (χ4n) is 3.75. The number of carbonyl (C=O) groups is 1. The second-order valence-electron chi connectivity index (χ2n) is 8.96. The molecule has 1 aliphatic rings. The third-order valence-corrected chi connectivity index (χ3v) is 5.76. The lowest BCUT2D eigenvalue weighted by atomic mass is 9.87. The molecule has 0 saturated carbocycles. The van der Waals surface area contributed by atoms with Gasteiger partial charge in [-0.3, -0.25) is 9.69 Å². The van der Waals surface area contributed by atoms with Crippen LogP contribution in [0.5, 0.6) is 5.75 Å². The van der Waals surface area contributed by atoms with E-state index >= 15 is 0 Å². The van der Waals surface area contributed by atoms with Gasteiger partial charge in [-0.25, -0.2) is 0 Å². The lowest BCUT2D eigenvalue weighted by molar-refractivity contribution is 0.0951. The van der Waals surface area contributed by atoms with Gasteiger partial charge < -0.3 is 15.0 Å². The van der Waals surface area contributed by atoms with E-state index in [2.05, 4.69) is 60.2 Å². The Morgan fingerprint density at radius 3 is 2.17 bits per heavy atom. The molecule has 0 unspecified atom stereocenters. The number of methoxy groups -OCH3 is 1. The summed E-state index contributed by atoms with van der Waals surface area (Å²) in [6.45, 7) is 12.4. The molecule has 2 aromatic rings. The molecule has 2 aromatic carbocycles. The third kappa shape index (κ3) is 5.99. The van der Waals surface area contributed by atoms with Gasteiger partial charge in [-0.05, 0) is 60.3 Å². The highest BCUT2D eigenvalue weighted by Crippen LogP contribution is 2.22. The highest BCUT2D eigenvalue weighted by atomic mass is 16.5. The van der Waals surface area contributed by atoms with Gasteiger partial charge in [0.2, 0.25) is 0 Å². The minimum atomic E-state index is 0.0137. The molecule has 30 heavy (non-hydrogen) atoms. The third-order valence-electron chi connectivity index (χ3n) is 5.76. The van der Waals surface area contributed by atoms with Gasteiger partial charge in [0.25, 0.3) is 5.91 Å². The number of rotatable bonds is 7. The van der Waals surface area contributed by atoms with Gasteiger partial charge in [0.1, 0.15) is 5.75 Å². The van der Waals surface area contributed by atoms with Gasteiger partial charge >= 0.3 is 0 Å². The SMILES string of the molecule is COc1ccc(N2CCN(CCCNC(=O)c3ccc(C(C)(C)C)cc3)CC2)cc1. The monoisotopic (exact) mass is 409 g/mol. The number of benzene rings is 2. The van der Waals surface area contributed by atoms with Crippen molar-refractivity contribution >= 4 is 11.6 Å². The predicted molar refractivity (Wildman–Crippen MR) is 124 cm³/mol. The summed E-state index contributed by atoms with van der Waals surface area (Å²) in [4.78, 5) is 17.3. The van der Waals surface area contributed by atoms with Crippen LogP contribution < -0.4 is 15.0 Å². The quantitative estimate of drug-likeness (QED) is 0.704. The van der Waals surface area contributed by atoms with Crippen LogP contribution in [0.1, 0.15) is 43.1 Å². The summed E-state index contributed by atoms with van der Waals surface area (Å²) in [5, 5.41) is 3.05. The van der Waals surface area contributed by atoms with Crippen LogP contribution in [0.2, 0.25) is 0 Å². The van der Waals surface area contributed by atoms with Gasteiger partial charge in [0.15, 0.2) is 0 Å². The van der Waals surface area contributed by atoms with E-state index in [1.54, 1.807) is 7.11 Å². The van der Waals surface area contributed by atoms with Crippen LogP contribution in [-0.4, -0.2) is 57.2 Å². The van der Waals surface area contributed by atoms with Crippen LogP contribution in [0, 0.1) is 0 Å². The molecule has 1 N–H and O–H groups in total. The molecule has 0 spiro atoms. The first-order valence-electron chi connectivity index (χ1n) is 10.9. The average Bonchev–Trinajstić information content (AvgIpc) is 2.76. The van der Waals surface area contributed by atoms with Crippen LogP contribution in [0.3, 0.4) is 0 Å². The Balaban J connectivity index is 1.35. The van der Waals surface area contributed by atoms with Gasteiger partial charge in [0.05, 0.1) is 7.11 Å². The molecular weight excluding hydrogens is 374 g/mol. The first-order valence-corrected chi connectivity index (χ1v) is 10.9. The van der Waals surface area contributed by atoms with Crippen molar-refractivity contribution in [2.45, 2.75) is 32.6 Å². The standard InChI is InChI=1S/C25H35N3O2/c1-25(2,3)21-8-6-20(7-9-21)24(29)26-14-5-15-27-16-18-28(19-17-27)22-10-12-23(30-4)13-11-22/h6-13H,5,14-19H2,1-4H3,(H,26,29). The number of piperazine rings is 1. The second kappa shape index (κ2) is 9.98. The van der Waals surface area contributed by atoms with Crippen molar-refractivity contribution in [1.29, 1.82) is 0 Å². The van der Waals surface area contributed by atoms with Crippen molar-refractivity contribution in [2.24, 2.45) is 0 Å². The first kappa shape index (κ1) is 22.2. The number of carbonyl (C=O) groups excluding carboxylic acids is 1. The molecular formula is C25H35N3O2. The van der Waals surface area contributed by atoms with Crippen LogP contribution in [0.25, 0.3) is 0 Å². The summed E-state index contributed by atoms with van der Waals surface area (Å²) in [7, 11) is 1.69. The summed E-state index contributed by atoms with van der Waals surface area (Å²) in [6.07, 6.45) is 0.967. The Hall–Kier alpha value is -2.53. The van der Waals surface area contributed by atoms with Crippen molar-refractivity contribution in [1.82, 2.24) is 10.2 Å². The Kier molecular flexibility index (Phi) is 7.38. The minimum absolute atomic E-state index is 0.0137. The maximum Gasteiger partial charge on any atom is 0.251 e. The summed E-state index contributed by atoms with van der Waals surface area (Å²) < 4.78 is 5.24. The molecule has 162 valence electrons. The summed E-state index contributed by atoms with van der Waals surface area (Å²) in [5.74, 6) is 0.907. The number of anilines is 1.